The fourth-order valence-electron chi connectivity index (χ4n) is 8.48. The van der Waals surface area contributed by atoms with Gasteiger partial charge in [0.1, 0.15) is 17.5 Å². The van der Waals surface area contributed by atoms with Gasteiger partial charge in [0, 0.05) is 24.5 Å². The minimum absolute atomic E-state index is 0.0127. The predicted octanol–water partition coefficient (Wildman–Crippen LogP) is 2.99. The van der Waals surface area contributed by atoms with E-state index in [-0.39, 0.29) is 36.0 Å². The highest BCUT2D eigenvalue weighted by Gasteiger charge is 2.76. The zero-order chi connectivity index (χ0) is 27.9. The van der Waals surface area contributed by atoms with E-state index in [2.05, 4.69) is 0 Å². The molecule has 0 spiro atoms. The van der Waals surface area contributed by atoms with Crippen molar-refractivity contribution in [2.75, 3.05) is 13.2 Å². The Labute approximate surface area is 222 Å². The monoisotopic (exact) mass is 524 g/mol. The first-order chi connectivity index (χ1) is 17.7. The van der Waals surface area contributed by atoms with Crippen LogP contribution in [0, 0.1) is 34.5 Å². The lowest BCUT2D eigenvalue weighted by molar-refractivity contribution is -0.205. The second kappa shape index (κ2) is 8.65. The van der Waals surface area contributed by atoms with Gasteiger partial charge in [-0.15, -0.1) is 0 Å². The highest BCUT2D eigenvalue weighted by atomic mass is 16.5. The number of phenolic OH excluding ortho intramolecular Hbond substituents is 1. The van der Waals surface area contributed by atoms with Crippen molar-refractivity contribution < 1.29 is 38.9 Å². The summed E-state index contributed by atoms with van der Waals surface area (Å²) in [6, 6.07) is 3.67. The average molecular weight is 525 g/mol. The summed E-state index contributed by atoms with van der Waals surface area (Å²) in [6.45, 7) is 9.13. The highest BCUT2D eigenvalue weighted by molar-refractivity contribution is 6.32. The number of hydrogen-bond donors (Lipinski definition) is 2. The zero-order valence-electron chi connectivity index (χ0n) is 22.6. The molecule has 1 saturated heterocycles. The van der Waals surface area contributed by atoms with Gasteiger partial charge in [0.25, 0.3) is 0 Å². The van der Waals surface area contributed by atoms with Gasteiger partial charge in [-0.2, -0.15) is 0 Å². The van der Waals surface area contributed by atoms with Crippen LogP contribution in [0.2, 0.25) is 0 Å². The summed E-state index contributed by atoms with van der Waals surface area (Å²) in [4.78, 5) is 68.0. The molecule has 3 aliphatic carbocycles. The molecule has 204 valence electrons. The topological polar surface area (TPSA) is 135 Å². The molecule has 1 aromatic rings. The van der Waals surface area contributed by atoms with Crippen LogP contribution in [0.4, 0.5) is 0 Å². The number of ether oxygens (including phenoxy) is 1. The Morgan fingerprint density at radius 3 is 2.26 bits per heavy atom. The zero-order valence-corrected chi connectivity index (χ0v) is 22.6. The van der Waals surface area contributed by atoms with Crippen molar-refractivity contribution >= 4 is 28.9 Å². The van der Waals surface area contributed by atoms with E-state index in [0.717, 1.165) is 6.92 Å². The van der Waals surface area contributed by atoms with Crippen molar-refractivity contribution in [1.29, 1.82) is 0 Å². The van der Waals surface area contributed by atoms with E-state index in [0.29, 0.717) is 37.2 Å². The number of phenols is 1. The van der Waals surface area contributed by atoms with Gasteiger partial charge < -0.3 is 14.9 Å². The fraction of sp³-hybridized carbons (Fsp3) is 0.633. The minimum atomic E-state index is -2.67. The lowest BCUT2D eigenvalue weighted by Gasteiger charge is -2.61. The molecule has 1 aliphatic heterocycles. The van der Waals surface area contributed by atoms with Crippen LogP contribution in [0.3, 0.4) is 0 Å². The largest absolute Gasteiger partial charge is 0.507 e. The average Bonchev–Trinajstić information content (AvgIpc) is 2.81. The van der Waals surface area contributed by atoms with Crippen LogP contribution in [0.1, 0.15) is 81.3 Å². The molecule has 4 aliphatic rings. The number of Topliss-reactive ketones (excluding diaryl/α,β-unsaturated/α-hetero) is 5. The van der Waals surface area contributed by atoms with E-state index >= 15 is 0 Å². The molecule has 6 atom stereocenters. The van der Waals surface area contributed by atoms with Gasteiger partial charge in [0.05, 0.1) is 11.5 Å². The van der Waals surface area contributed by atoms with Crippen LogP contribution >= 0.6 is 0 Å². The first kappa shape index (κ1) is 26.9. The summed E-state index contributed by atoms with van der Waals surface area (Å²) < 4.78 is 5.43. The first-order valence-corrected chi connectivity index (χ1v) is 13.5. The molecule has 5 rings (SSSR count). The molecule has 0 radical (unpaired) electrons. The van der Waals surface area contributed by atoms with Crippen LogP contribution in [0.5, 0.6) is 5.75 Å². The summed E-state index contributed by atoms with van der Waals surface area (Å²) >= 11 is 0. The molecular formula is C30H36O8. The van der Waals surface area contributed by atoms with Gasteiger partial charge in [-0.05, 0) is 61.0 Å². The van der Waals surface area contributed by atoms with Gasteiger partial charge >= 0.3 is 0 Å². The maximum Gasteiger partial charge on any atom is 0.190 e. The number of hydrogen-bond acceptors (Lipinski definition) is 8. The van der Waals surface area contributed by atoms with Crippen LogP contribution in [0.15, 0.2) is 12.1 Å². The Morgan fingerprint density at radius 2 is 1.68 bits per heavy atom. The second-order valence-corrected chi connectivity index (χ2v) is 12.8. The van der Waals surface area contributed by atoms with Crippen molar-refractivity contribution in [1.82, 2.24) is 0 Å². The van der Waals surface area contributed by atoms with Gasteiger partial charge in [-0.3, -0.25) is 24.0 Å². The lowest BCUT2D eigenvalue weighted by Crippen LogP contribution is -2.76. The summed E-state index contributed by atoms with van der Waals surface area (Å²) in [6.07, 6.45) is 1.72. The quantitative estimate of drug-likeness (QED) is 0.576. The molecule has 3 unspecified atom stereocenters. The van der Waals surface area contributed by atoms with Crippen LogP contribution in [-0.2, 0) is 30.3 Å². The molecular weight excluding hydrogens is 488 g/mol. The van der Waals surface area contributed by atoms with E-state index in [1.165, 1.54) is 0 Å². The van der Waals surface area contributed by atoms with Gasteiger partial charge in [0.2, 0.25) is 0 Å². The third-order valence-corrected chi connectivity index (χ3v) is 9.94. The fourth-order valence-corrected chi connectivity index (χ4v) is 8.48. The smallest absolute Gasteiger partial charge is 0.190 e. The predicted molar refractivity (Wildman–Crippen MR) is 136 cm³/mol. The molecule has 38 heavy (non-hydrogen) atoms. The number of ketones is 5. The molecule has 2 N–H and O–H groups in total. The maximum atomic E-state index is 14.3. The minimum Gasteiger partial charge on any atom is -0.507 e. The van der Waals surface area contributed by atoms with Crippen LogP contribution in [0.25, 0.3) is 0 Å². The van der Waals surface area contributed by atoms with E-state index in [1.807, 2.05) is 12.1 Å². The molecule has 2 saturated carbocycles. The number of fused-ring (bicyclic) bond motifs is 3. The standard InChI is InChI=1S/C30H36O8/c1-14(2)21-24(33)19(15(3)31)26(35)30(37)27(36)22-25(34)20-17(12-28(22,4)13-29(21,30)5)6-7-18(23(20)32)16-8-10-38-11-9-16/h6-7,14,16,19,21-22,32,37H,8-13H2,1-5H3/t19?,21?,22?,28-,29-,30+/m1/s1. The van der Waals surface area contributed by atoms with Gasteiger partial charge in [-0.1, -0.05) is 39.8 Å². The lowest BCUT2D eigenvalue weighted by atomic mass is 9.40. The van der Waals surface area contributed by atoms with Crippen LogP contribution < -0.4 is 0 Å². The normalized spacial score (nSPS) is 37.6. The number of benzene rings is 1. The Hall–Kier alpha value is -2.71. The third-order valence-electron chi connectivity index (χ3n) is 9.94. The van der Waals surface area contributed by atoms with E-state index in [9.17, 15) is 34.2 Å². The molecule has 1 heterocycles. The number of carbonyl (C=O) groups is 5. The van der Waals surface area contributed by atoms with Crippen molar-refractivity contribution in [3.63, 3.8) is 0 Å². The van der Waals surface area contributed by atoms with Gasteiger partial charge in [-0.25, -0.2) is 0 Å². The SMILES string of the molecule is CC(=O)C1C(=O)C(C(C)C)[C@@]2(C)C[C@@]3(C)Cc4ccc(C5CCOCC5)c(O)c4C(=O)C3C(=O)[C@@]2(O)C1=O. The maximum absolute atomic E-state index is 14.3. The summed E-state index contributed by atoms with van der Waals surface area (Å²) in [7, 11) is 0. The Morgan fingerprint density at radius 1 is 1.05 bits per heavy atom. The van der Waals surface area contributed by atoms with Crippen molar-refractivity contribution in [2.24, 2.45) is 34.5 Å². The van der Waals surface area contributed by atoms with Crippen LogP contribution in [-0.4, -0.2) is 57.9 Å². The molecule has 0 amide bonds. The summed E-state index contributed by atoms with van der Waals surface area (Å²) in [5, 5.41) is 23.3. The summed E-state index contributed by atoms with van der Waals surface area (Å²) in [5.74, 6) is -8.56. The van der Waals surface area contributed by atoms with E-state index < -0.39 is 63.1 Å². The number of carbonyl (C=O) groups excluding carboxylic acids is 5. The molecule has 8 nitrogen and oxygen atoms in total. The van der Waals surface area contributed by atoms with Crippen molar-refractivity contribution in [3.05, 3.63) is 28.8 Å². The first-order valence-electron chi connectivity index (χ1n) is 13.5. The molecule has 3 fully saturated rings. The number of aliphatic hydroxyl groups is 1. The Kier molecular flexibility index (Phi) is 6.12. The third kappa shape index (κ3) is 3.32. The molecule has 8 heteroatoms. The molecule has 0 bridgehead atoms. The van der Waals surface area contributed by atoms with Crippen molar-refractivity contribution in [2.45, 2.75) is 71.8 Å². The Balaban J connectivity index is 1.67. The second-order valence-electron chi connectivity index (χ2n) is 12.8. The highest BCUT2D eigenvalue weighted by Crippen LogP contribution is 2.63. The molecule has 0 aromatic heterocycles. The molecule has 1 aromatic carbocycles. The number of rotatable bonds is 3. The van der Waals surface area contributed by atoms with E-state index in [1.54, 1.807) is 27.7 Å². The van der Waals surface area contributed by atoms with E-state index in [4.69, 9.17) is 4.74 Å². The summed E-state index contributed by atoms with van der Waals surface area (Å²) in [5.41, 5.74) is -3.85. The van der Waals surface area contributed by atoms with Crippen molar-refractivity contribution in [3.8, 4) is 5.75 Å². The Bertz CT molecular complexity index is 1270. The number of aromatic hydroxyl groups is 1. The van der Waals surface area contributed by atoms with Gasteiger partial charge in [0.15, 0.2) is 28.7 Å².